The van der Waals surface area contributed by atoms with Crippen LogP contribution < -0.4 is 15.0 Å². The molecule has 1 N–H and O–H groups in total. The Labute approximate surface area is 210 Å². The van der Waals surface area contributed by atoms with Crippen LogP contribution in [0.3, 0.4) is 0 Å². The lowest BCUT2D eigenvalue weighted by molar-refractivity contribution is 0.133. The van der Waals surface area contributed by atoms with Crippen molar-refractivity contribution in [3.8, 4) is 5.75 Å². The second kappa shape index (κ2) is 14.9. The van der Waals surface area contributed by atoms with Gasteiger partial charge in [0.25, 0.3) is 0 Å². The minimum atomic E-state index is 0. The summed E-state index contributed by atoms with van der Waals surface area (Å²) in [7, 11) is 3.58. The van der Waals surface area contributed by atoms with E-state index in [-0.39, 0.29) is 24.0 Å². The number of nitrogens with zero attached hydrogens (tertiary/aromatic N) is 3. The number of rotatable bonds is 10. The summed E-state index contributed by atoms with van der Waals surface area (Å²) in [5.74, 6) is 1.90. The van der Waals surface area contributed by atoms with Crippen molar-refractivity contribution in [3.63, 3.8) is 0 Å². The second-order valence-electron chi connectivity index (χ2n) is 7.70. The highest BCUT2D eigenvalue weighted by Crippen LogP contribution is 2.22. The van der Waals surface area contributed by atoms with Gasteiger partial charge in [-0.3, -0.25) is 4.99 Å². The van der Waals surface area contributed by atoms with Crippen molar-refractivity contribution in [2.45, 2.75) is 19.3 Å². The Morgan fingerprint density at radius 3 is 2.47 bits per heavy atom. The second-order valence-corrected chi connectivity index (χ2v) is 7.70. The molecule has 0 saturated carbocycles. The van der Waals surface area contributed by atoms with E-state index in [0.29, 0.717) is 0 Å². The zero-order valence-electron chi connectivity index (χ0n) is 19.3. The van der Waals surface area contributed by atoms with E-state index in [2.05, 4.69) is 56.5 Å². The van der Waals surface area contributed by atoms with E-state index in [1.54, 1.807) is 7.11 Å². The Morgan fingerprint density at radius 1 is 0.969 bits per heavy atom. The molecule has 2 aromatic carbocycles. The van der Waals surface area contributed by atoms with Gasteiger partial charge in [-0.05, 0) is 37.0 Å². The number of anilines is 1. The third-order valence-electron chi connectivity index (χ3n) is 5.59. The van der Waals surface area contributed by atoms with E-state index in [4.69, 9.17) is 9.47 Å². The molecule has 1 saturated heterocycles. The number of halogens is 1. The fraction of sp³-hybridized carbons (Fsp3) is 0.480. The zero-order chi connectivity index (χ0) is 21.7. The maximum absolute atomic E-state index is 5.77. The first-order valence-corrected chi connectivity index (χ1v) is 11.3. The highest BCUT2D eigenvalue weighted by molar-refractivity contribution is 14.0. The van der Waals surface area contributed by atoms with Crippen LogP contribution in [0.2, 0.25) is 0 Å². The van der Waals surface area contributed by atoms with Gasteiger partial charge in [-0.2, -0.15) is 0 Å². The van der Waals surface area contributed by atoms with Crippen LogP contribution in [0.25, 0.3) is 0 Å². The quantitative estimate of drug-likeness (QED) is 0.209. The Morgan fingerprint density at radius 2 is 1.75 bits per heavy atom. The van der Waals surface area contributed by atoms with Gasteiger partial charge >= 0.3 is 0 Å². The number of hydrogen-bond donors (Lipinski definition) is 1. The normalized spacial score (nSPS) is 14.1. The molecule has 7 heteroatoms. The molecular weight excluding hydrogens is 515 g/mol. The van der Waals surface area contributed by atoms with E-state index in [1.165, 1.54) is 11.3 Å². The van der Waals surface area contributed by atoms with Gasteiger partial charge in [-0.15, -0.1) is 24.0 Å². The lowest BCUT2D eigenvalue weighted by atomic mass is 10.2. The summed E-state index contributed by atoms with van der Waals surface area (Å²) >= 11 is 0. The fourth-order valence-electron chi connectivity index (χ4n) is 3.78. The molecule has 1 aliphatic rings. The summed E-state index contributed by atoms with van der Waals surface area (Å²) in [6.45, 7) is 6.39. The number of benzene rings is 2. The van der Waals surface area contributed by atoms with Crippen molar-refractivity contribution >= 4 is 35.6 Å². The molecule has 1 heterocycles. The molecule has 0 amide bonds. The van der Waals surface area contributed by atoms with Gasteiger partial charge in [0.2, 0.25) is 0 Å². The maximum Gasteiger partial charge on any atom is 0.193 e. The van der Waals surface area contributed by atoms with E-state index >= 15 is 0 Å². The van der Waals surface area contributed by atoms with Crippen LogP contribution in [0.4, 0.5) is 5.69 Å². The molecule has 6 nitrogen and oxygen atoms in total. The maximum atomic E-state index is 5.77. The average Bonchev–Trinajstić information content (AvgIpc) is 2.84. The standard InChI is InChI=1S/C25H36N4O2.HI/c1-26-25(27-14-6-7-19-31-20-13-22-9-4-3-5-10-22)29-17-15-28(16-18-29)23-11-8-12-24(21-23)30-2;/h3-5,8-12,21H,6-7,13-20H2,1-2H3,(H,26,27);1H. The minimum absolute atomic E-state index is 0. The van der Waals surface area contributed by atoms with Crippen molar-refractivity contribution in [1.82, 2.24) is 10.2 Å². The van der Waals surface area contributed by atoms with Crippen molar-refractivity contribution in [3.05, 3.63) is 60.2 Å². The largest absolute Gasteiger partial charge is 0.497 e. The number of methoxy groups -OCH3 is 1. The number of piperazine rings is 1. The van der Waals surface area contributed by atoms with Crippen LogP contribution in [0.15, 0.2) is 59.6 Å². The number of ether oxygens (including phenoxy) is 2. The van der Waals surface area contributed by atoms with Crippen LogP contribution in [0, 0.1) is 0 Å². The molecule has 0 aliphatic carbocycles. The molecule has 0 bridgehead atoms. The smallest absolute Gasteiger partial charge is 0.193 e. The lowest BCUT2D eigenvalue weighted by Gasteiger charge is -2.37. The van der Waals surface area contributed by atoms with Crippen LogP contribution in [-0.2, 0) is 11.2 Å². The van der Waals surface area contributed by atoms with Crippen LogP contribution in [0.1, 0.15) is 18.4 Å². The fourth-order valence-corrected chi connectivity index (χ4v) is 3.78. The topological polar surface area (TPSA) is 49.3 Å². The summed E-state index contributed by atoms with van der Waals surface area (Å²) in [5, 5.41) is 3.51. The van der Waals surface area contributed by atoms with Crippen molar-refractivity contribution in [2.24, 2.45) is 4.99 Å². The van der Waals surface area contributed by atoms with E-state index in [0.717, 1.165) is 76.9 Å². The Bertz CT molecular complexity index is 796. The minimum Gasteiger partial charge on any atom is -0.497 e. The summed E-state index contributed by atoms with van der Waals surface area (Å²) < 4.78 is 11.1. The van der Waals surface area contributed by atoms with Gasteiger partial charge in [0.1, 0.15) is 5.75 Å². The van der Waals surface area contributed by atoms with Crippen molar-refractivity contribution < 1.29 is 9.47 Å². The van der Waals surface area contributed by atoms with E-state index < -0.39 is 0 Å². The van der Waals surface area contributed by atoms with Gasteiger partial charge in [-0.1, -0.05) is 36.4 Å². The summed E-state index contributed by atoms with van der Waals surface area (Å²) in [5.41, 5.74) is 2.55. The van der Waals surface area contributed by atoms with Crippen molar-refractivity contribution in [1.29, 1.82) is 0 Å². The molecular formula is C25H37IN4O2. The molecule has 0 spiro atoms. The predicted molar refractivity (Wildman–Crippen MR) is 144 cm³/mol. The van der Waals surface area contributed by atoms with E-state index in [9.17, 15) is 0 Å². The highest BCUT2D eigenvalue weighted by Gasteiger charge is 2.19. The molecule has 2 aromatic rings. The molecule has 1 fully saturated rings. The highest BCUT2D eigenvalue weighted by atomic mass is 127. The molecule has 32 heavy (non-hydrogen) atoms. The molecule has 176 valence electrons. The summed E-state index contributed by atoms with van der Waals surface area (Å²) in [6.07, 6.45) is 3.12. The molecule has 0 unspecified atom stereocenters. The Kier molecular flexibility index (Phi) is 12.3. The number of aliphatic imine (C=N–C) groups is 1. The monoisotopic (exact) mass is 552 g/mol. The van der Waals surface area contributed by atoms with Crippen molar-refractivity contribution in [2.75, 3.05) is 65.0 Å². The van der Waals surface area contributed by atoms with E-state index in [1.807, 2.05) is 25.2 Å². The molecule has 0 aromatic heterocycles. The number of guanidine groups is 1. The number of unbranched alkanes of at least 4 members (excludes halogenated alkanes) is 1. The Balaban J connectivity index is 0.00000363. The average molecular weight is 553 g/mol. The predicted octanol–water partition coefficient (Wildman–Crippen LogP) is 4.05. The molecule has 0 radical (unpaired) electrons. The van der Waals surface area contributed by atoms with Gasteiger partial charge in [-0.25, -0.2) is 0 Å². The third kappa shape index (κ3) is 8.50. The van der Waals surface area contributed by atoms with Crippen LogP contribution >= 0.6 is 24.0 Å². The summed E-state index contributed by atoms with van der Waals surface area (Å²) in [6, 6.07) is 18.8. The zero-order valence-corrected chi connectivity index (χ0v) is 21.7. The van der Waals surface area contributed by atoms with Gasteiger partial charge < -0.3 is 24.6 Å². The number of hydrogen-bond acceptors (Lipinski definition) is 4. The van der Waals surface area contributed by atoms with Gasteiger partial charge in [0, 0.05) is 58.1 Å². The molecule has 0 atom stereocenters. The third-order valence-corrected chi connectivity index (χ3v) is 5.59. The van der Waals surface area contributed by atoms with Gasteiger partial charge in [0.05, 0.1) is 13.7 Å². The van der Waals surface area contributed by atoms with Crippen LogP contribution in [0.5, 0.6) is 5.75 Å². The molecule has 3 rings (SSSR count). The van der Waals surface area contributed by atoms with Gasteiger partial charge in [0.15, 0.2) is 5.96 Å². The summed E-state index contributed by atoms with van der Waals surface area (Å²) in [4.78, 5) is 9.22. The first kappa shape index (κ1) is 26.3. The SMILES string of the molecule is CN=C(NCCCCOCCc1ccccc1)N1CCN(c2cccc(OC)c2)CC1.I. The van der Waals surface area contributed by atoms with Crippen LogP contribution in [-0.4, -0.2) is 71.0 Å². The molecule has 1 aliphatic heterocycles. The first-order chi connectivity index (χ1) is 15.3. The lowest BCUT2D eigenvalue weighted by Crippen LogP contribution is -2.52. The number of nitrogens with one attached hydrogen (secondary N) is 1. The Hall–Kier alpha value is -2.00. The first-order valence-electron chi connectivity index (χ1n) is 11.3.